The Bertz CT molecular complexity index is 413. The lowest BCUT2D eigenvalue weighted by molar-refractivity contribution is 0.108. The summed E-state index contributed by atoms with van der Waals surface area (Å²) in [5.41, 5.74) is 6.44. The van der Waals surface area contributed by atoms with Crippen LogP contribution in [0.1, 0.15) is 25.7 Å². The highest BCUT2D eigenvalue weighted by Crippen LogP contribution is 2.33. The van der Waals surface area contributed by atoms with Gasteiger partial charge < -0.3 is 20.1 Å². The van der Waals surface area contributed by atoms with E-state index in [1.165, 1.54) is 12.8 Å². The molecule has 0 spiro atoms. The Hall–Kier alpha value is -1.42. The summed E-state index contributed by atoms with van der Waals surface area (Å²) in [5.74, 6) is 1.51. The Balaban J connectivity index is 1.95. The summed E-state index contributed by atoms with van der Waals surface area (Å²) >= 11 is 0. The van der Waals surface area contributed by atoms with Crippen molar-refractivity contribution in [2.75, 3.05) is 26.9 Å². The van der Waals surface area contributed by atoms with Gasteiger partial charge in [0, 0.05) is 17.8 Å². The first-order valence-corrected chi connectivity index (χ1v) is 6.86. The van der Waals surface area contributed by atoms with Crippen molar-refractivity contribution in [2.45, 2.75) is 37.8 Å². The molecule has 1 aromatic carbocycles. The normalized spacial score (nSPS) is 23.4. The molecule has 0 radical (unpaired) electrons. The van der Waals surface area contributed by atoms with Crippen LogP contribution in [0.2, 0.25) is 0 Å². The third kappa shape index (κ3) is 3.53. The van der Waals surface area contributed by atoms with Crippen molar-refractivity contribution in [3.8, 4) is 11.5 Å². The molecule has 1 aliphatic carbocycles. The minimum atomic E-state index is 0.286. The summed E-state index contributed by atoms with van der Waals surface area (Å²) in [7, 11) is 5.94. The quantitative estimate of drug-likeness (QED) is 0.849. The van der Waals surface area contributed by atoms with E-state index < -0.39 is 0 Å². The fraction of sp³-hybridized carbons (Fsp3) is 0.600. The number of hydrogen-bond acceptors (Lipinski definition) is 4. The molecule has 1 aliphatic rings. The number of nitrogens with zero attached hydrogens (tertiary/aromatic N) is 1. The van der Waals surface area contributed by atoms with E-state index in [1.807, 2.05) is 12.1 Å². The van der Waals surface area contributed by atoms with Crippen LogP contribution >= 0.6 is 0 Å². The zero-order chi connectivity index (χ0) is 13.8. The van der Waals surface area contributed by atoms with Gasteiger partial charge >= 0.3 is 0 Å². The van der Waals surface area contributed by atoms with Crippen molar-refractivity contribution in [1.29, 1.82) is 0 Å². The molecule has 2 N–H and O–H groups in total. The molecule has 4 nitrogen and oxygen atoms in total. The third-order valence-corrected chi connectivity index (χ3v) is 3.86. The van der Waals surface area contributed by atoms with E-state index in [0.29, 0.717) is 11.7 Å². The fourth-order valence-corrected chi connectivity index (χ4v) is 2.64. The molecular formula is C15H24N2O2. The Morgan fingerprint density at radius 3 is 2.37 bits per heavy atom. The maximum atomic E-state index is 6.06. The minimum Gasteiger partial charge on any atom is -0.493 e. The number of nitrogen functional groups attached to an aromatic ring is 1. The molecule has 0 aromatic heterocycles. The summed E-state index contributed by atoms with van der Waals surface area (Å²) < 4.78 is 11.4. The summed E-state index contributed by atoms with van der Waals surface area (Å²) in [6.45, 7) is 0. The maximum Gasteiger partial charge on any atom is 0.162 e. The van der Waals surface area contributed by atoms with Crippen molar-refractivity contribution in [1.82, 2.24) is 4.90 Å². The molecule has 0 unspecified atom stereocenters. The predicted molar refractivity (Wildman–Crippen MR) is 77.8 cm³/mol. The molecule has 106 valence electrons. The van der Waals surface area contributed by atoms with Crippen LogP contribution in [0.5, 0.6) is 11.5 Å². The molecule has 0 saturated heterocycles. The van der Waals surface area contributed by atoms with Crippen LogP contribution in [0.15, 0.2) is 18.2 Å². The van der Waals surface area contributed by atoms with E-state index in [2.05, 4.69) is 19.0 Å². The molecule has 1 saturated carbocycles. The molecule has 4 heteroatoms. The molecule has 0 aliphatic heterocycles. The standard InChI is InChI=1S/C15H24N2O2/c1-17(2)12-5-7-13(8-6-12)19-14-9-4-11(16)10-15(14)18-3/h4,9-10,12-13H,5-8,16H2,1-3H3. The number of nitrogens with two attached hydrogens (primary N) is 1. The van der Waals surface area contributed by atoms with Crippen molar-refractivity contribution in [3.63, 3.8) is 0 Å². The fourth-order valence-electron chi connectivity index (χ4n) is 2.64. The summed E-state index contributed by atoms with van der Waals surface area (Å²) in [5, 5.41) is 0. The number of hydrogen-bond donors (Lipinski definition) is 1. The van der Waals surface area contributed by atoms with Crippen LogP contribution < -0.4 is 15.2 Å². The van der Waals surface area contributed by atoms with Gasteiger partial charge in [-0.05, 0) is 51.9 Å². The van der Waals surface area contributed by atoms with E-state index in [4.69, 9.17) is 15.2 Å². The monoisotopic (exact) mass is 264 g/mol. The predicted octanol–water partition coefficient (Wildman–Crippen LogP) is 2.53. The highest BCUT2D eigenvalue weighted by molar-refractivity contribution is 5.52. The number of benzene rings is 1. The van der Waals surface area contributed by atoms with Gasteiger partial charge in [-0.2, -0.15) is 0 Å². The molecule has 2 rings (SSSR count). The first kappa shape index (κ1) is 14.0. The van der Waals surface area contributed by atoms with Gasteiger partial charge in [0.2, 0.25) is 0 Å². The third-order valence-electron chi connectivity index (χ3n) is 3.86. The summed E-state index contributed by atoms with van der Waals surface area (Å²) in [4.78, 5) is 2.31. The van der Waals surface area contributed by atoms with Gasteiger partial charge in [0.05, 0.1) is 13.2 Å². The van der Waals surface area contributed by atoms with Gasteiger partial charge in [0.25, 0.3) is 0 Å². The van der Waals surface area contributed by atoms with Crippen LogP contribution in [0, 0.1) is 0 Å². The van der Waals surface area contributed by atoms with Crippen LogP contribution in [0.4, 0.5) is 5.69 Å². The molecule has 0 heterocycles. The second kappa shape index (κ2) is 6.15. The van der Waals surface area contributed by atoms with Gasteiger partial charge in [-0.25, -0.2) is 0 Å². The first-order chi connectivity index (χ1) is 9.10. The van der Waals surface area contributed by atoms with Gasteiger partial charge in [-0.15, -0.1) is 0 Å². The summed E-state index contributed by atoms with van der Waals surface area (Å²) in [6.07, 6.45) is 4.85. The van der Waals surface area contributed by atoms with Crippen molar-refractivity contribution < 1.29 is 9.47 Å². The maximum absolute atomic E-state index is 6.06. The van der Waals surface area contributed by atoms with Crippen molar-refractivity contribution in [2.24, 2.45) is 0 Å². The molecular weight excluding hydrogens is 240 g/mol. The van der Waals surface area contributed by atoms with Crippen molar-refractivity contribution >= 4 is 5.69 Å². The second-order valence-corrected chi connectivity index (χ2v) is 5.42. The molecule has 0 amide bonds. The Morgan fingerprint density at radius 2 is 1.79 bits per heavy atom. The Morgan fingerprint density at radius 1 is 1.11 bits per heavy atom. The Labute approximate surface area is 115 Å². The smallest absolute Gasteiger partial charge is 0.162 e. The number of rotatable bonds is 4. The number of methoxy groups -OCH3 is 1. The lowest BCUT2D eigenvalue weighted by atomic mass is 9.92. The highest BCUT2D eigenvalue weighted by atomic mass is 16.5. The number of ether oxygens (including phenoxy) is 2. The SMILES string of the molecule is COc1cc(N)ccc1OC1CCC(N(C)C)CC1. The van der Waals surface area contributed by atoms with Gasteiger partial charge in [0.1, 0.15) is 0 Å². The number of anilines is 1. The van der Waals surface area contributed by atoms with Crippen LogP contribution in [0.25, 0.3) is 0 Å². The molecule has 0 bridgehead atoms. The molecule has 1 aromatic rings. The lowest BCUT2D eigenvalue weighted by Crippen LogP contribution is -2.35. The van der Waals surface area contributed by atoms with Crippen LogP contribution in [-0.2, 0) is 0 Å². The van der Waals surface area contributed by atoms with Gasteiger partial charge in [0.15, 0.2) is 11.5 Å². The average Bonchev–Trinajstić information content (AvgIpc) is 2.41. The van der Waals surface area contributed by atoms with Crippen LogP contribution in [-0.4, -0.2) is 38.3 Å². The average molecular weight is 264 g/mol. The van der Waals surface area contributed by atoms with E-state index in [1.54, 1.807) is 13.2 Å². The molecule has 19 heavy (non-hydrogen) atoms. The zero-order valence-electron chi connectivity index (χ0n) is 12.1. The van der Waals surface area contributed by atoms with E-state index in [9.17, 15) is 0 Å². The second-order valence-electron chi connectivity index (χ2n) is 5.42. The van der Waals surface area contributed by atoms with E-state index in [-0.39, 0.29) is 6.10 Å². The largest absolute Gasteiger partial charge is 0.493 e. The van der Waals surface area contributed by atoms with Gasteiger partial charge in [-0.1, -0.05) is 0 Å². The van der Waals surface area contributed by atoms with E-state index >= 15 is 0 Å². The van der Waals surface area contributed by atoms with E-state index in [0.717, 1.165) is 24.3 Å². The zero-order valence-corrected chi connectivity index (χ0v) is 12.1. The lowest BCUT2D eigenvalue weighted by Gasteiger charge is -2.33. The van der Waals surface area contributed by atoms with Crippen molar-refractivity contribution in [3.05, 3.63) is 18.2 Å². The van der Waals surface area contributed by atoms with Gasteiger partial charge in [-0.3, -0.25) is 0 Å². The van der Waals surface area contributed by atoms with Crippen LogP contribution in [0.3, 0.4) is 0 Å². The first-order valence-electron chi connectivity index (χ1n) is 6.86. The minimum absolute atomic E-state index is 0.286. The highest BCUT2D eigenvalue weighted by Gasteiger charge is 2.24. The molecule has 1 fully saturated rings. The molecule has 0 atom stereocenters. The topological polar surface area (TPSA) is 47.7 Å². The summed E-state index contributed by atoms with van der Waals surface area (Å²) in [6, 6.07) is 6.24. The Kier molecular flexibility index (Phi) is 4.53.